The molecule has 0 spiro atoms. The molecule has 1 aliphatic rings. The first-order chi connectivity index (χ1) is 9.38. The van der Waals surface area contributed by atoms with E-state index in [0.29, 0.717) is 12.5 Å². The highest BCUT2D eigenvalue weighted by Crippen LogP contribution is 2.18. The van der Waals surface area contributed by atoms with E-state index in [4.69, 9.17) is 5.73 Å². The van der Waals surface area contributed by atoms with Crippen LogP contribution >= 0.6 is 0 Å². The van der Waals surface area contributed by atoms with Crippen LogP contribution < -0.4 is 10.5 Å². The lowest BCUT2D eigenvalue weighted by atomic mass is 9.99. The average Bonchev–Trinajstić information content (AvgIpc) is 2.40. The van der Waals surface area contributed by atoms with Crippen molar-refractivity contribution in [2.75, 3.05) is 32.4 Å². The summed E-state index contributed by atoms with van der Waals surface area (Å²) in [6.07, 6.45) is 2.07. The van der Waals surface area contributed by atoms with Crippen LogP contribution in [0.25, 0.3) is 0 Å². The fourth-order valence-electron chi connectivity index (χ4n) is 2.43. The van der Waals surface area contributed by atoms with Crippen molar-refractivity contribution in [2.24, 2.45) is 5.92 Å². The summed E-state index contributed by atoms with van der Waals surface area (Å²) in [5.41, 5.74) is 5.28. The summed E-state index contributed by atoms with van der Waals surface area (Å²) >= 11 is 0. The van der Waals surface area contributed by atoms with Gasteiger partial charge in [-0.3, -0.25) is 0 Å². The van der Waals surface area contributed by atoms with Gasteiger partial charge in [0.1, 0.15) is 5.82 Å². The smallest absolute Gasteiger partial charge is 0.240 e. The molecule has 5 nitrogen and oxygen atoms in total. The summed E-state index contributed by atoms with van der Waals surface area (Å²) in [6.45, 7) is 2.30. The Bertz CT molecular complexity index is 577. The number of nitrogens with two attached hydrogens (primary N) is 1. The van der Waals surface area contributed by atoms with Crippen LogP contribution in [0.2, 0.25) is 0 Å². The van der Waals surface area contributed by atoms with Gasteiger partial charge in [0.05, 0.1) is 10.6 Å². The van der Waals surface area contributed by atoms with Crippen molar-refractivity contribution >= 4 is 15.7 Å². The van der Waals surface area contributed by atoms with E-state index in [-0.39, 0.29) is 10.6 Å². The van der Waals surface area contributed by atoms with Crippen molar-refractivity contribution in [1.29, 1.82) is 0 Å². The molecule has 0 radical (unpaired) electrons. The lowest BCUT2D eigenvalue weighted by Crippen LogP contribution is -2.39. The van der Waals surface area contributed by atoms with Crippen molar-refractivity contribution in [3.63, 3.8) is 0 Å². The molecule has 0 saturated carbocycles. The van der Waals surface area contributed by atoms with Gasteiger partial charge in [0.2, 0.25) is 10.0 Å². The molecule has 1 aliphatic heterocycles. The predicted molar refractivity (Wildman–Crippen MR) is 76.2 cm³/mol. The number of nitrogens with one attached hydrogen (secondary N) is 1. The van der Waals surface area contributed by atoms with Gasteiger partial charge in [0.25, 0.3) is 0 Å². The minimum absolute atomic E-state index is 0.0575. The Hall–Kier alpha value is -1.18. The van der Waals surface area contributed by atoms with Crippen molar-refractivity contribution in [1.82, 2.24) is 9.62 Å². The van der Waals surface area contributed by atoms with Crippen LogP contribution in [0.1, 0.15) is 12.8 Å². The molecule has 20 heavy (non-hydrogen) atoms. The van der Waals surface area contributed by atoms with E-state index in [9.17, 15) is 12.8 Å². The van der Waals surface area contributed by atoms with Crippen molar-refractivity contribution in [3.8, 4) is 0 Å². The van der Waals surface area contributed by atoms with Crippen LogP contribution in [0.4, 0.5) is 10.1 Å². The molecule has 1 unspecified atom stereocenters. The van der Waals surface area contributed by atoms with E-state index in [2.05, 4.69) is 9.62 Å². The van der Waals surface area contributed by atoms with Gasteiger partial charge in [0.15, 0.2) is 0 Å². The fourth-order valence-corrected chi connectivity index (χ4v) is 3.55. The highest BCUT2D eigenvalue weighted by atomic mass is 32.2. The number of likely N-dealkylation sites (tertiary alicyclic amines) is 1. The predicted octanol–water partition coefficient (Wildman–Crippen LogP) is 1.03. The number of hydrogen-bond donors (Lipinski definition) is 2. The molecule has 1 heterocycles. The summed E-state index contributed by atoms with van der Waals surface area (Å²) in [5.74, 6) is -0.424. The molecule has 0 bridgehead atoms. The molecule has 1 fully saturated rings. The third-order valence-corrected chi connectivity index (χ3v) is 4.99. The van der Waals surface area contributed by atoms with Gasteiger partial charge < -0.3 is 10.6 Å². The number of piperidine rings is 1. The van der Waals surface area contributed by atoms with Crippen molar-refractivity contribution < 1.29 is 12.8 Å². The number of sulfonamides is 1. The van der Waals surface area contributed by atoms with Gasteiger partial charge in [-0.1, -0.05) is 0 Å². The SMILES string of the molecule is CN1CCCC(CNS(=O)(=O)c2ccc(N)c(F)c2)C1. The zero-order valence-electron chi connectivity index (χ0n) is 11.5. The Morgan fingerprint density at radius 2 is 2.25 bits per heavy atom. The molecule has 3 N–H and O–H groups in total. The number of hydrogen-bond acceptors (Lipinski definition) is 4. The number of halogens is 1. The topological polar surface area (TPSA) is 75.4 Å². The maximum Gasteiger partial charge on any atom is 0.240 e. The minimum atomic E-state index is -3.68. The standard InChI is InChI=1S/C13H20FN3O2S/c1-17-6-2-3-10(9-17)8-16-20(18,19)11-4-5-13(15)12(14)7-11/h4-5,7,10,16H,2-3,6,8-9,15H2,1H3. The number of nitrogens with zero attached hydrogens (tertiary/aromatic N) is 1. The van der Waals surface area contributed by atoms with Crippen LogP contribution in [0.5, 0.6) is 0 Å². The average molecular weight is 301 g/mol. The molecule has 1 saturated heterocycles. The highest BCUT2D eigenvalue weighted by Gasteiger charge is 2.21. The second-order valence-electron chi connectivity index (χ2n) is 5.31. The number of nitrogen functional groups attached to an aromatic ring is 1. The van der Waals surface area contributed by atoms with Gasteiger partial charge in [-0.05, 0) is 50.6 Å². The Kier molecular flexibility index (Phi) is 4.62. The molecule has 1 atom stereocenters. The summed E-state index contributed by atoms with van der Waals surface area (Å²) in [6, 6.07) is 3.52. The van der Waals surface area contributed by atoms with Crippen LogP contribution in [-0.2, 0) is 10.0 Å². The number of rotatable bonds is 4. The number of anilines is 1. The first-order valence-corrected chi connectivity index (χ1v) is 8.10. The van der Waals surface area contributed by atoms with Crippen LogP contribution in [-0.4, -0.2) is 40.0 Å². The maximum atomic E-state index is 13.3. The Labute approximate surface area is 119 Å². The molecule has 1 aromatic carbocycles. The Morgan fingerprint density at radius 1 is 1.50 bits per heavy atom. The van der Waals surface area contributed by atoms with E-state index in [1.807, 2.05) is 7.05 Å². The van der Waals surface area contributed by atoms with E-state index >= 15 is 0 Å². The van der Waals surface area contributed by atoms with Gasteiger partial charge in [-0.2, -0.15) is 0 Å². The van der Waals surface area contributed by atoms with E-state index in [1.54, 1.807) is 0 Å². The second-order valence-corrected chi connectivity index (χ2v) is 7.07. The summed E-state index contributed by atoms with van der Waals surface area (Å²) in [5, 5.41) is 0. The normalized spacial score (nSPS) is 21.0. The monoisotopic (exact) mass is 301 g/mol. The zero-order chi connectivity index (χ0) is 14.8. The van der Waals surface area contributed by atoms with E-state index < -0.39 is 15.8 Å². The molecular formula is C13H20FN3O2S. The Morgan fingerprint density at radius 3 is 2.90 bits per heavy atom. The molecule has 2 rings (SSSR count). The summed E-state index contributed by atoms with van der Waals surface area (Å²) < 4.78 is 40.1. The van der Waals surface area contributed by atoms with Crippen LogP contribution in [0.15, 0.2) is 23.1 Å². The molecule has 1 aromatic rings. The first-order valence-electron chi connectivity index (χ1n) is 6.62. The van der Waals surface area contributed by atoms with Crippen molar-refractivity contribution in [2.45, 2.75) is 17.7 Å². The third kappa shape index (κ3) is 3.68. The quantitative estimate of drug-likeness (QED) is 0.815. The molecule has 0 aromatic heterocycles. The molecule has 0 amide bonds. The van der Waals surface area contributed by atoms with Crippen molar-refractivity contribution in [3.05, 3.63) is 24.0 Å². The van der Waals surface area contributed by atoms with Gasteiger partial charge >= 0.3 is 0 Å². The van der Waals surface area contributed by atoms with E-state index in [0.717, 1.165) is 32.0 Å². The molecule has 112 valence electrons. The highest BCUT2D eigenvalue weighted by molar-refractivity contribution is 7.89. The lowest BCUT2D eigenvalue weighted by molar-refractivity contribution is 0.211. The van der Waals surface area contributed by atoms with Gasteiger partial charge in [0, 0.05) is 13.1 Å². The molecule has 0 aliphatic carbocycles. The summed E-state index contributed by atoms with van der Waals surface area (Å²) in [7, 11) is -1.66. The molecule has 7 heteroatoms. The zero-order valence-corrected chi connectivity index (χ0v) is 12.3. The maximum absolute atomic E-state index is 13.3. The van der Waals surface area contributed by atoms with Crippen LogP contribution in [0.3, 0.4) is 0 Å². The van der Waals surface area contributed by atoms with Gasteiger partial charge in [-0.15, -0.1) is 0 Å². The summed E-state index contributed by atoms with van der Waals surface area (Å²) in [4.78, 5) is 2.10. The van der Waals surface area contributed by atoms with E-state index in [1.165, 1.54) is 12.1 Å². The largest absolute Gasteiger partial charge is 0.396 e. The first kappa shape index (κ1) is 15.2. The lowest BCUT2D eigenvalue weighted by Gasteiger charge is -2.29. The second kappa shape index (κ2) is 6.07. The van der Waals surface area contributed by atoms with Gasteiger partial charge in [-0.25, -0.2) is 17.5 Å². The minimum Gasteiger partial charge on any atom is -0.396 e. The number of benzene rings is 1. The third-order valence-electron chi connectivity index (χ3n) is 3.57. The fraction of sp³-hybridized carbons (Fsp3) is 0.538. The van der Waals surface area contributed by atoms with Crippen LogP contribution in [0, 0.1) is 11.7 Å². The Balaban J connectivity index is 2.01. The molecular weight excluding hydrogens is 281 g/mol.